The summed E-state index contributed by atoms with van der Waals surface area (Å²) >= 11 is 3.53. The molecule has 0 aromatic heterocycles. The Hall–Kier alpha value is 0.350. The summed E-state index contributed by atoms with van der Waals surface area (Å²) < 4.78 is 0. The molecule has 0 N–H and O–H groups in total. The fraction of sp³-hybridized carbons (Fsp3) is 1.00. The Morgan fingerprint density at radius 1 is 0.571 bits per heavy atom. The lowest BCUT2D eigenvalue weighted by atomic mass is 9.73. The summed E-state index contributed by atoms with van der Waals surface area (Å²) in [5.74, 6) is 2.28. The lowest BCUT2D eigenvalue weighted by Gasteiger charge is -2.32. The molecule has 84 valence electrons. The molecular formula is C13H26S. The summed E-state index contributed by atoms with van der Waals surface area (Å²) in [7, 11) is 0. The van der Waals surface area contributed by atoms with E-state index >= 15 is 0 Å². The Bertz CT molecular complexity index is 105. The highest BCUT2D eigenvalue weighted by Crippen LogP contribution is 2.37. The predicted molar refractivity (Wildman–Crippen MR) is 68.1 cm³/mol. The third kappa shape index (κ3) is 3.84. The van der Waals surface area contributed by atoms with Gasteiger partial charge in [-0.2, -0.15) is 12.6 Å². The molecular weight excluding hydrogens is 188 g/mol. The maximum atomic E-state index is 3.53. The van der Waals surface area contributed by atoms with E-state index in [4.69, 9.17) is 0 Å². The normalized spacial score (nSPS) is 25.3. The van der Waals surface area contributed by atoms with Crippen LogP contribution in [0, 0.1) is 11.8 Å². The van der Waals surface area contributed by atoms with E-state index in [-0.39, 0.29) is 0 Å². The first-order chi connectivity index (χ1) is 6.97. The minimum absolute atomic E-state index is 1.14. The zero-order valence-corrected chi connectivity index (χ0v) is 10.6. The van der Waals surface area contributed by atoms with Gasteiger partial charge in [-0.3, -0.25) is 0 Å². The van der Waals surface area contributed by atoms with Gasteiger partial charge in [0, 0.05) is 0 Å². The molecule has 0 aromatic carbocycles. The molecule has 0 bridgehead atoms. The molecule has 0 aliphatic heterocycles. The van der Waals surface area contributed by atoms with Crippen LogP contribution in [0.2, 0.25) is 0 Å². The molecule has 2 saturated carbocycles. The van der Waals surface area contributed by atoms with E-state index in [9.17, 15) is 0 Å². The standard InChI is InChI=1S/C12H22.CH4S/c1-3-7-11(8-4-1)12-9-5-2-6-10-12;1-2/h11-12H,1-10H2;2H,1H3. The average Bonchev–Trinajstić information content (AvgIpc) is 2.34. The van der Waals surface area contributed by atoms with Gasteiger partial charge in [-0.1, -0.05) is 64.2 Å². The van der Waals surface area contributed by atoms with Crippen LogP contribution >= 0.6 is 12.6 Å². The van der Waals surface area contributed by atoms with Crippen molar-refractivity contribution in [2.24, 2.45) is 11.8 Å². The second-order valence-corrected chi connectivity index (χ2v) is 4.80. The van der Waals surface area contributed by atoms with Crippen LogP contribution in [0.4, 0.5) is 0 Å². The summed E-state index contributed by atoms with van der Waals surface area (Å²) in [4.78, 5) is 0. The monoisotopic (exact) mass is 214 g/mol. The number of rotatable bonds is 1. The highest BCUT2D eigenvalue weighted by Gasteiger charge is 2.24. The van der Waals surface area contributed by atoms with Gasteiger partial charge in [-0.15, -0.1) is 0 Å². The van der Waals surface area contributed by atoms with E-state index in [2.05, 4.69) is 12.6 Å². The highest BCUT2D eigenvalue weighted by atomic mass is 32.1. The third-order valence-electron chi connectivity index (χ3n) is 3.97. The van der Waals surface area contributed by atoms with Gasteiger partial charge in [-0.25, -0.2) is 0 Å². The Labute approximate surface area is 95.3 Å². The van der Waals surface area contributed by atoms with E-state index in [1.165, 1.54) is 38.5 Å². The maximum absolute atomic E-state index is 3.53. The summed E-state index contributed by atoms with van der Waals surface area (Å²) in [6.45, 7) is 0. The number of thiol groups is 1. The third-order valence-corrected chi connectivity index (χ3v) is 3.97. The predicted octanol–water partition coefficient (Wildman–Crippen LogP) is 4.69. The Morgan fingerprint density at radius 3 is 1.14 bits per heavy atom. The number of hydrogen-bond acceptors (Lipinski definition) is 1. The molecule has 0 saturated heterocycles. The van der Waals surface area contributed by atoms with Crippen LogP contribution in [-0.4, -0.2) is 6.26 Å². The van der Waals surface area contributed by atoms with E-state index in [1.807, 2.05) is 0 Å². The molecule has 0 atom stereocenters. The van der Waals surface area contributed by atoms with Crippen LogP contribution < -0.4 is 0 Å². The van der Waals surface area contributed by atoms with Crippen LogP contribution in [0.25, 0.3) is 0 Å². The molecule has 0 heterocycles. The van der Waals surface area contributed by atoms with E-state index in [0.717, 1.165) is 11.8 Å². The quantitative estimate of drug-likeness (QED) is 0.601. The Kier molecular flexibility index (Phi) is 6.76. The molecule has 14 heavy (non-hydrogen) atoms. The molecule has 0 amide bonds. The molecule has 0 unspecified atom stereocenters. The van der Waals surface area contributed by atoms with E-state index < -0.39 is 0 Å². The van der Waals surface area contributed by atoms with Crippen LogP contribution in [0.15, 0.2) is 0 Å². The van der Waals surface area contributed by atoms with Gasteiger partial charge in [0.15, 0.2) is 0 Å². The van der Waals surface area contributed by atoms with Crippen LogP contribution in [0.3, 0.4) is 0 Å². The zero-order chi connectivity index (χ0) is 10.2. The first kappa shape index (κ1) is 12.4. The summed E-state index contributed by atoms with van der Waals surface area (Å²) in [6.07, 6.45) is 17.1. The number of hydrogen-bond donors (Lipinski definition) is 1. The molecule has 2 fully saturated rings. The van der Waals surface area contributed by atoms with Gasteiger partial charge in [-0.05, 0) is 18.1 Å². The molecule has 0 aromatic rings. The van der Waals surface area contributed by atoms with Crippen LogP contribution in [0.1, 0.15) is 64.2 Å². The molecule has 2 aliphatic rings. The van der Waals surface area contributed by atoms with Gasteiger partial charge in [0.2, 0.25) is 0 Å². The Balaban J connectivity index is 0.000000461. The first-order valence-corrected chi connectivity index (χ1v) is 7.31. The zero-order valence-electron chi connectivity index (χ0n) is 9.67. The van der Waals surface area contributed by atoms with Gasteiger partial charge in [0.25, 0.3) is 0 Å². The SMILES string of the molecule is C1CCC(C2CCCCC2)CC1.CS. The molecule has 0 nitrogen and oxygen atoms in total. The molecule has 2 aliphatic carbocycles. The largest absolute Gasteiger partial charge is 0.183 e. The maximum Gasteiger partial charge on any atom is -0.0215 e. The molecule has 1 heteroatoms. The minimum Gasteiger partial charge on any atom is -0.183 e. The van der Waals surface area contributed by atoms with Gasteiger partial charge in [0.05, 0.1) is 0 Å². The van der Waals surface area contributed by atoms with Crippen LogP contribution in [-0.2, 0) is 0 Å². The lowest BCUT2D eigenvalue weighted by Crippen LogP contribution is -2.20. The summed E-state index contributed by atoms with van der Waals surface area (Å²) in [6, 6.07) is 0. The smallest absolute Gasteiger partial charge is 0.0215 e. The topological polar surface area (TPSA) is 0 Å². The van der Waals surface area contributed by atoms with E-state index in [0.29, 0.717) is 0 Å². The van der Waals surface area contributed by atoms with Gasteiger partial charge >= 0.3 is 0 Å². The minimum atomic E-state index is 1.14. The van der Waals surface area contributed by atoms with Crippen molar-refractivity contribution in [2.75, 3.05) is 6.26 Å². The van der Waals surface area contributed by atoms with Crippen LogP contribution in [0.5, 0.6) is 0 Å². The second-order valence-electron chi connectivity index (χ2n) is 4.80. The van der Waals surface area contributed by atoms with Crippen molar-refractivity contribution in [3.05, 3.63) is 0 Å². The van der Waals surface area contributed by atoms with Gasteiger partial charge in [0.1, 0.15) is 0 Å². The summed E-state index contributed by atoms with van der Waals surface area (Å²) in [5.41, 5.74) is 0. The van der Waals surface area contributed by atoms with Crippen molar-refractivity contribution >= 4 is 12.6 Å². The van der Waals surface area contributed by atoms with E-state index in [1.54, 1.807) is 31.9 Å². The first-order valence-electron chi connectivity index (χ1n) is 6.41. The molecule has 2 rings (SSSR count). The van der Waals surface area contributed by atoms with Crippen molar-refractivity contribution in [2.45, 2.75) is 64.2 Å². The second kappa shape index (κ2) is 7.62. The Morgan fingerprint density at radius 2 is 0.857 bits per heavy atom. The lowest BCUT2D eigenvalue weighted by molar-refractivity contribution is 0.196. The van der Waals surface area contributed by atoms with Crippen molar-refractivity contribution in [3.63, 3.8) is 0 Å². The highest BCUT2D eigenvalue weighted by molar-refractivity contribution is 7.79. The van der Waals surface area contributed by atoms with Crippen molar-refractivity contribution in [3.8, 4) is 0 Å². The van der Waals surface area contributed by atoms with Crippen molar-refractivity contribution < 1.29 is 0 Å². The molecule has 0 spiro atoms. The fourth-order valence-electron chi connectivity index (χ4n) is 3.21. The molecule has 0 radical (unpaired) electrons. The van der Waals surface area contributed by atoms with Gasteiger partial charge < -0.3 is 0 Å². The van der Waals surface area contributed by atoms with Crippen molar-refractivity contribution in [1.82, 2.24) is 0 Å². The van der Waals surface area contributed by atoms with Crippen molar-refractivity contribution in [1.29, 1.82) is 0 Å². The fourth-order valence-corrected chi connectivity index (χ4v) is 3.21. The summed E-state index contributed by atoms with van der Waals surface area (Å²) in [5, 5.41) is 0. The average molecular weight is 214 g/mol.